The summed E-state index contributed by atoms with van der Waals surface area (Å²) >= 11 is 3.49. The summed E-state index contributed by atoms with van der Waals surface area (Å²) in [5, 5.41) is 13.2. The fraction of sp³-hybridized carbons (Fsp3) is 0.414. The van der Waals surface area contributed by atoms with E-state index >= 15 is 0 Å². The van der Waals surface area contributed by atoms with Crippen LogP contribution in [0.25, 0.3) is 10.9 Å². The van der Waals surface area contributed by atoms with Gasteiger partial charge in [0.15, 0.2) is 12.5 Å². The van der Waals surface area contributed by atoms with Crippen molar-refractivity contribution in [2.24, 2.45) is 0 Å². The lowest BCUT2D eigenvalue weighted by molar-refractivity contribution is -0.143. The highest BCUT2D eigenvalue weighted by molar-refractivity contribution is 9.10. The van der Waals surface area contributed by atoms with Gasteiger partial charge in [0.2, 0.25) is 0 Å². The Morgan fingerprint density at radius 2 is 1.80 bits per heavy atom. The topological polar surface area (TPSA) is 81.5 Å². The number of anilines is 2. The molecule has 0 radical (unpaired) electrons. The summed E-state index contributed by atoms with van der Waals surface area (Å²) in [4.78, 5) is 21.0. The van der Waals surface area contributed by atoms with E-state index in [4.69, 9.17) is 15.0 Å². The smallest absolute Gasteiger partial charge is 0.382 e. The summed E-state index contributed by atoms with van der Waals surface area (Å²) < 4.78 is 47.1. The number of aromatic nitrogens is 1. The first kappa shape index (κ1) is 28.3. The van der Waals surface area contributed by atoms with E-state index in [-0.39, 0.29) is 12.1 Å². The van der Waals surface area contributed by atoms with Crippen LogP contribution in [0.3, 0.4) is 0 Å². The summed E-state index contributed by atoms with van der Waals surface area (Å²) in [6, 6.07) is 15.4. The van der Waals surface area contributed by atoms with Gasteiger partial charge in [-0.1, -0.05) is 15.9 Å². The molecule has 2 aromatic carbocycles. The quantitative estimate of drug-likeness (QED) is 0.328. The maximum absolute atomic E-state index is 13.3. The van der Waals surface area contributed by atoms with Gasteiger partial charge in [0.1, 0.15) is 5.82 Å². The van der Waals surface area contributed by atoms with Crippen LogP contribution >= 0.6 is 15.9 Å². The molecule has 0 spiro atoms. The van der Waals surface area contributed by atoms with Gasteiger partial charge in [0.05, 0.1) is 28.8 Å². The maximum atomic E-state index is 13.3. The number of pyridine rings is 1. The zero-order chi connectivity index (χ0) is 28.3. The number of rotatable bonds is 7. The van der Waals surface area contributed by atoms with Crippen LogP contribution in [0.5, 0.6) is 0 Å². The predicted octanol–water partition coefficient (Wildman–Crippen LogP) is 5.97. The standard InChI is InChI=1S/C29H29BrF3N5O2/c30-21-3-9-26-19(15-21)2-10-27(36-26)37-11-13-38(14-12-37)28(18-39)40-24-7-5-22(6-8-24)35-23-4-1-20(17-34)25(16-23)29(31,32)33/h1-4,9-10,15-16,18,22,24,28,35H,5-8,11-14H2. The van der Waals surface area contributed by atoms with Crippen LogP contribution in [-0.2, 0) is 15.7 Å². The number of nitriles is 1. The highest BCUT2D eigenvalue weighted by atomic mass is 79.9. The minimum Gasteiger partial charge on any atom is -0.382 e. The molecule has 1 N–H and O–H groups in total. The van der Waals surface area contributed by atoms with Crippen molar-refractivity contribution in [3.63, 3.8) is 0 Å². The van der Waals surface area contributed by atoms with Crippen molar-refractivity contribution >= 4 is 44.6 Å². The molecule has 7 nitrogen and oxygen atoms in total. The molecule has 3 aromatic rings. The van der Waals surface area contributed by atoms with Gasteiger partial charge in [-0.2, -0.15) is 18.4 Å². The van der Waals surface area contributed by atoms with Gasteiger partial charge in [0, 0.05) is 47.8 Å². The normalized spacial score (nSPS) is 21.1. The number of carbonyl (C=O) groups excluding carboxylic acids is 1. The monoisotopic (exact) mass is 615 g/mol. The second-order valence-corrected chi connectivity index (χ2v) is 11.1. The number of ether oxygens (including phenoxy) is 1. The minimum absolute atomic E-state index is 0.0114. The number of fused-ring (bicyclic) bond motifs is 1. The molecule has 5 rings (SSSR count). The van der Waals surface area contributed by atoms with Crippen molar-refractivity contribution in [1.82, 2.24) is 9.88 Å². The number of nitrogens with one attached hydrogen (secondary N) is 1. The minimum atomic E-state index is -4.59. The van der Waals surface area contributed by atoms with Crippen LogP contribution in [0.1, 0.15) is 36.8 Å². The van der Waals surface area contributed by atoms with Crippen molar-refractivity contribution in [2.45, 2.75) is 50.2 Å². The van der Waals surface area contributed by atoms with E-state index in [0.29, 0.717) is 44.5 Å². The zero-order valence-corrected chi connectivity index (χ0v) is 23.3. The van der Waals surface area contributed by atoms with E-state index in [1.54, 1.807) is 6.07 Å². The van der Waals surface area contributed by atoms with Crippen LogP contribution in [0, 0.1) is 11.3 Å². The van der Waals surface area contributed by atoms with Crippen molar-refractivity contribution in [3.05, 3.63) is 64.1 Å². The lowest BCUT2D eigenvalue weighted by atomic mass is 9.92. The number of nitrogens with zero attached hydrogens (tertiary/aromatic N) is 4. The van der Waals surface area contributed by atoms with Crippen LogP contribution in [0.2, 0.25) is 0 Å². The fourth-order valence-electron chi connectivity index (χ4n) is 5.41. The van der Waals surface area contributed by atoms with Gasteiger partial charge in [-0.3, -0.25) is 9.69 Å². The molecule has 11 heteroatoms. The van der Waals surface area contributed by atoms with E-state index in [9.17, 15) is 18.0 Å². The Kier molecular flexibility index (Phi) is 8.59. The number of carbonyl (C=O) groups is 1. The van der Waals surface area contributed by atoms with Crippen LogP contribution in [-0.4, -0.2) is 60.7 Å². The highest BCUT2D eigenvalue weighted by Crippen LogP contribution is 2.34. The van der Waals surface area contributed by atoms with E-state index < -0.39 is 23.5 Å². The molecule has 1 aromatic heterocycles. The van der Waals surface area contributed by atoms with Crippen molar-refractivity contribution in [2.75, 3.05) is 36.4 Å². The predicted molar refractivity (Wildman–Crippen MR) is 150 cm³/mol. The Hall–Kier alpha value is -3.20. The van der Waals surface area contributed by atoms with Crippen molar-refractivity contribution < 1.29 is 22.7 Å². The molecule has 1 saturated heterocycles. The average molecular weight is 616 g/mol. The van der Waals surface area contributed by atoms with E-state index in [0.717, 1.165) is 46.6 Å². The lowest BCUT2D eigenvalue weighted by Crippen LogP contribution is -2.53. The molecule has 1 aliphatic heterocycles. The number of hydrogen-bond donors (Lipinski definition) is 1. The summed E-state index contributed by atoms with van der Waals surface area (Å²) in [5.41, 5.74) is -0.0520. The highest BCUT2D eigenvalue weighted by Gasteiger charge is 2.34. The van der Waals surface area contributed by atoms with Gasteiger partial charge in [-0.15, -0.1) is 0 Å². The molecule has 40 heavy (non-hydrogen) atoms. The van der Waals surface area contributed by atoms with Crippen LogP contribution in [0.4, 0.5) is 24.7 Å². The molecule has 2 aliphatic rings. The van der Waals surface area contributed by atoms with Crippen LogP contribution in [0.15, 0.2) is 53.0 Å². The van der Waals surface area contributed by atoms with E-state index in [2.05, 4.69) is 32.2 Å². The van der Waals surface area contributed by atoms with Gasteiger partial charge < -0.3 is 15.0 Å². The van der Waals surface area contributed by atoms with Gasteiger partial charge in [-0.05, 0) is 74.2 Å². The van der Waals surface area contributed by atoms with Crippen LogP contribution < -0.4 is 10.2 Å². The molecule has 1 aliphatic carbocycles. The molecule has 1 atom stereocenters. The Morgan fingerprint density at radius 1 is 1.05 bits per heavy atom. The Morgan fingerprint density at radius 3 is 2.48 bits per heavy atom. The molecular weight excluding hydrogens is 587 g/mol. The number of benzene rings is 2. The van der Waals surface area contributed by atoms with Gasteiger partial charge in [-0.25, -0.2) is 4.98 Å². The SMILES string of the molecule is N#Cc1ccc(NC2CCC(OC(C=O)N3CCN(c4ccc5cc(Br)ccc5n4)CC3)CC2)cc1C(F)(F)F. The first-order valence-electron chi connectivity index (χ1n) is 13.3. The third-order valence-corrected chi connectivity index (χ3v) is 8.07. The summed E-state index contributed by atoms with van der Waals surface area (Å²) in [6.07, 6.45) is -1.67. The molecule has 0 amide bonds. The number of halogens is 4. The molecule has 1 saturated carbocycles. The van der Waals surface area contributed by atoms with E-state index in [1.807, 2.05) is 29.2 Å². The lowest BCUT2D eigenvalue weighted by Gasteiger charge is -2.39. The fourth-order valence-corrected chi connectivity index (χ4v) is 5.79. The second kappa shape index (κ2) is 12.1. The van der Waals surface area contributed by atoms with Gasteiger partial charge >= 0.3 is 6.18 Å². The third kappa shape index (κ3) is 6.57. The van der Waals surface area contributed by atoms with Gasteiger partial charge in [0.25, 0.3) is 0 Å². The maximum Gasteiger partial charge on any atom is 0.417 e. The Labute approximate surface area is 239 Å². The largest absolute Gasteiger partial charge is 0.417 e. The molecule has 2 heterocycles. The number of piperazine rings is 1. The molecule has 0 bridgehead atoms. The second-order valence-electron chi connectivity index (χ2n) is 10.2. The Balaban J connectivity index is 1.11. The average Bonchev–Trinajstić information content (AvgIpc) is 2.96. The summed E-state index contributed by atoms with van der Waals surface area (Å²) in [7, 11) is 0. The first-order valence-corrected chi connectivity index (χ1v) is 14.1. The Bertz CT molecular complexity index is 1400. The van der Waals surface area contributed by atoms with Crippen molar-refractivity contribution in [1.29, 1.82) is 5.26 Å². The molecule has 210 valence electrons. The molecule has 1 unspecified atom stereocenters. The zero-order valence-electron chi connectivity index (χ0n) is 21.7. The third-order valence-electron chi connectivity index (χ3n) is 7.57. The molecule has 2 fully saturated rings. The number of hydrogen-bond acceptors (Lipinski definition) is 7. The van der Waals surface area contributed by atoms with E-state index in [1.165, 1.54) is 12.1 Å². The number of alkyl halides is 3. The summed E-state index contributed by atoms with van der Waals surface area (Å²) in [5.74, 6) is 0.911. The molecular formula is C29H29BrF3N5O2. The first-order chi connectivity index (χ1) is 19.2. The summed E-state index contributed by atoms with van der Waals surface area (Å²) in [6.45, 7) is 2.79. The number of aldehydes is 1. The van der Waals surface area contributed by atoms with Crippen molar-refractivity contribution in [3.8, 4) is 6.07 Å².